The van der Waals surface area contributed by atoms with Gasteiger partial charge in [0.05, 0.1) is 6.42 Å². The van der Waals surface area contributed by atoms with E-state index in [1.807, 2.05) is 19.2 Å². The fourth-order valence-electron chi connectivity index (χ4n) is 2.25. The van der Waals surface area contributed by atoms with Crippen molar-refractivity contribution in [2.24, 2.45) is 7.05 Å². The number of carbonyl (C=O) groups is 1. The number of hydrogen-bond acceptors (Lipinski definition) is 1. The molecule has 0 fully saturated rings. The first-order valence-electron chi connectivity index (χ1n) is 6.91. The fourth-order valence-corrected chi connectivity index (χ4v) is 2.25. The third-order valence-electron chi connectivity index (χ3n) is 3.84. The standard InChI is InChI=1S/C17H22N2O/c1-12-5-7-15(8-6-12)11-18-17(20)10-16-9-13(2)19(4)14(16)3/h5-9H,10-11H2,1-4H3,(H,18,20). The molecule has 3 nitrogen and oxygen atoms in total. The maximum Gasteiger partial charge on any atom is 0.224 e. The topological polar surface area (TPSA) is 34.0 Å². The summed E-state index contributed by atoms with van der Waals surface area (Å²) in [5.74, 6) is 0.0688. The Hall–Kier alpha value is -2.03. The van der Waals surface area contributed by atoms with Crippen molar-refractivity contribution >= 4 is 5.91 Å². The molecule has 20 heavy (non-hydrogen) atoms. The highest BCUT2D eigenvalue weighted by Gasteiger charge is 2.10. The largest absolute Gasteiger partial charge is 0.352 e. The highest BCUT2D eigenvalue weighted by atomic mass is 16.1. The van der Waals surface area contributed by atoms with Crippen LogP contribution >= 0.6 is 0 Å². The molecule has 106 valence electrons. The van der Waals surface area contributed by atoms with E-state index in [-0.39, 0.29) is 5.91 Å². The molecule has 1 aromatic carbocycles. The van der Waals surface area contributed by atoms with Crippen molar-refractivity contribution in [3.8, 4) is 0 Å². The molecule has 1 aromatic heterocycles. The zero-order chi connectivity index (χ0) is 14.7. The van der Waals surface area contributed by atoms with Crippen molar-refractivity contribution in [3.63, 3.8) is 0 Å². The van der Waals surface area contributed by atoms with E-state index in [2.05, 4.69) is 48.9 Å². The second kappa shape index (κ2) is 5.95. The van der Waals surface area contributed by atoms with Crippen molar-refractivity contribution < 1.29 is 4.79 Å². The first-order chi connectivity index (χ1) is 9.47. The molecule has 1 amide bonds. The maximum atomic E-state index is 12.0. The lowest BCUT2D eigenvalue weighted by Gasteiger charge is -2.06. The van der Waals surface area contributed by atoms with Crippen LogP contribution in [0.1, 0.15) is 28.1 Å². The number of nitrogens with zero attached hydrogens (tertiary/aromatic N) is 1. The second-order valence-corrected chi connectivity index (χ2v) is 5.39. The number of benzene rings is 1. The quantitative estimate of drug-likeness (QED) is 0.910. The van der Waals surface area contributed by atoms with Gasteiger partial charge in [-0.15, -0.1) is 0 Å². The van der Waals surface area contributed by atoms with E-state index in [1.165, 1.54) is 11.3 Å². The molecule has 0 atom stereocenters. The van der Waals surface area contributed by atoms with E-state index in [0.29, 0.717) is 13.0 Å². The summed E-state index contributed by atoms with van der Waals surface area (Å²) in [7, 11) is 2.03. The van der Waals surface area contributed by atoms with Crippen molar-refractivity contribution in [1.82, 2.24) is 9.88 Å². The van der Waals surface area contributed by atoms with Crippen LogP contribution in [0, 0.1) is 20.8 Å². The first-order valence-corrected chi connectivity index (χ1v) is 6.91. The van der Waals surface area contributed by atoms with Gasteiger partial charge in [-0.25, -0.2) is 0 Å². The molecule has 3 heteroatoms. The predicted molar refractivity (Wildman–Crippen MR) is 81.6 cm³/mol. The highest BCUT2D eigenvalue weighted by molar-refractivity contribution is 5.78. The number of amides is 1. The van der Waals surface area contributed by atoms with E-state index >= 15 is 0 Å². The number of aromatic nitrogens is 1. The average molecular weight is 270 g/mol. The summed E-state index contributed by atoms with van der Waals surface area (Å²) in [5.41, 5.74) is 5.81. The highest BCUT2D eigenvalue weighted by Crippen LogP contribution is 2.13. The van der Waals surface area contributed by atoms with Crippen LogP contribution in [0.4, 0.5) is 0 Å². The summed E-state index contributed by atoms with van der Waals surface area (Å²) in [4.78, 5) is 12.0. The molecule has 2 rings (SSSR count). The van der Waals surface area contributed by atoms with Crippen LogP contribution in [0.25, 0.3) is 0 Å². The predicted octanol–water partition coefficient (Wildman–Crippen LogP) is 2.81. The van der Waals surface area contributed by atoms with Gasteiger partial charge in [-0.05, 0) is 38.0 Å². The first kappa shape index (κ1) is 14.4. The summed E-state index contributed by atoms with van der Waals surface area (Å²) in [6.45, 7) is 6.75. The molecule has 0 unspecified atom stereocenters. The minimum atomic E-state index is 0.0688. The molecule has 1 N–H and O–H groups in total. The SMILES string of the molecule is Cc1ccc(CNC(=O)Cc2cc(C)n(C)c2C)cc1. The minimum absolute atomic E-state index is 0.0688. The molecule has 0 radical (unpaired) electrons. The van der Waals surface area contributed by atoms with Gasteiger partial charge in [0.25, 0.3) is 0 Å². The van der Waals surface area contributed by atoms with Crippen molar-refractivity contribution in [1.29, 1.82) is 0 Å². The average Bonchev–Trinajstić information content (AvgIpc) is 2.66. The van der Waals surface area contributed by atoms with Crippen molar-refractivity contribution in [2.45, 2.75) is 33.7 Å². The van der Waals surface area contributed by atoms with E-state index in [0.717, 1.165) is 16.8 Å². The van der Waals surface area contributed by atoms with Crippen LogP contribution in [0.5, 0.6) is 0 Å². The minimum Gasteiger partial charge on any atom is -0.352 e. The summed E-state index contributed by atoms with van der Waals surface area (Å²) in [6, 6.07) is 10.3. The number of rotatable bonds is 4. The lowest BCUT2D eigenvalue weighted by atomic mass is 10.1. The molecule has 1 heterocycles. The van der Waals surface area contributed by atoms with E-state index in [4.69, 9.17) is 0 Å². The molecule has 0 aliphatic heterocycles. The Morgan fingerprint density at radius 3 is 2.35 bits per heavy atom. The molecule has 0 spiro atoms. The number of aryl methyl sites for hydroxylation is 2. The normalized spacial score (nSPS) is 10.6. The van der Waals surface area contributed by atoms with Gasteiger partial charge in [-0.1, -0.05) is 29.8 Å². The zero-order valence-electron chi connectivity index (χ0n) is 12.7. The van der Waals surface area contributed by atoms with Gasteiger partial charge in [-0.3, -0.25) is 4.79 Å². The third kappa shape index (κ3) is 3.29. The molecule has 0 saturated heterocycles. The van der Waals surface area contributed by atoms with E-state index in [9.17, 15) is 4.79 Å². The van der Waals surface area contributed by atoms with E-state index in [1.54, 1.807) is 0 Å². The number of carbonyl (C=O) groups excluding carboxylic acids is 1. The Labute approximate surface area is 120 Å². The van der Waals surface area contributed by atoms with Gasteiger partial charge in [0.15, 0.2) is 0 Å². The lowest BCUT2D eigenvalue weighted by molar-refractivity contribution is -0.120. The molecule has 0 saturated carbocycles. The lowest BCUT2D eigenvalue weighted by Crippen LogP contribution is -2.24. The Bertz CT molecular complexity index is 609. The van der Waals surface area contributed by atoms with Crippen LogP contribution in [-0.4, -0.2) is 10.5 Å². The van der Waals surface area contributed by atoms with Gasteiger partial charge in [-0.2, -0.15) is 0 Å². The summed E-state index contributed by atoms with van der Waals surface area (Å²) >= 11 is 0. The third-order valence-corrected chi connectivity index (χ3v) is 3.84. The van der Waals surface area contributed by atoms with E-state index < -0.39 is 0 Å². The van der Waals surface area contributed by atoms with Crippen molar-refractivity contribution in [2.75, 3.05) is 0 Å². The fraction of sp³-hybridized carbons (Fsp3) is 0.353. The van der Waals surface area contributed by atoms with Crippen LogP contribution in [0.3, 0.4) is 0 Å². The van der Waals surface area contributed by atoms with Crippen LogP contribution in [0.15, 0.2) is 30.3 Å². The van der Waals surface area contributed by atoms with Gasteiger partial charge in [0.1, 0.15) is 0 Å². The molecular formula is C17H22N2O. The van der Waals surface area contributed by atoms with Gasteiger partial charge >= 0.3 is 0 Å². The Kier molecular flexibility index (Phi) is 4.28. The molecule has 0 aliphatic carbocycles. The maximum absolute atomic E-state index is 12.0. The number of nitrogens with one attached hydrogen (secondary N) is 1. The Morgan fingerprint density at radius 1 is 1.15 bits per heavy atom. The Balaban J connectivity index is 1.92. The van der Waals surface area contributed by atoms with Crippen LogP contribution < -0.4 is 5.32 Å². The smallest absolute Gasteiger partial charge is 0.224 e. The van der Waals surface area contributed by atoms with Crippen LogP contribution in [0.2, 0.25) is 0 Å². The van der Waals surface area contributed by atoms with Gasteiger partial charge in [0, 0.05) is 25.0 Å². The summed E-state index contributed by atoms with van der Waals surface area (Å²) in [6.07, 6.45) is 0.444. The Morgan fingerprint density at radius 2 is 1.80 bits per heavy atom. The zero-order valence-corrected chi connectivity index (χ0v) is 12.7. The second-order valence-electron chi connectivity index (χ2n) is 5.39. The van der Waals surface area contributed by atoms with Gasteiger partial charge in [0.2, 0.25) is 5.91 Å². The summed E-state index contributed by atoms with van der Waals surface area (Å²) in [5, 5.41) is 2.97. The van der Waals surface area contributed by atoms with Crippen molar-refractivity contribution in [3.05, 3.63) is 58.4 Å². The summed E-state index contributed by atoms with van der Waals surface area (Å²) < 4.78 is 2.11. The van der Waals surface area contributed by atoms with Gasteiger partial charge < -0.3 is 9.88 Å². The molecule has 2 aromatic rings. The number of hydrogen-bond donors (Lipinski definition) is 1. The molecular weight excluding hydrogens is 248 g/mol. The monoisotopic (exact) mass is 270 g/mol. The molecule has 0 aliphatic rings. The molecule has 0 bridgehead atoms. The van der Waals surface area contributed by atoms with Crippen LogP contribution in [-0.2, 0) is 24.8 Å².